The summed E-state index contributed by atoms with van der Waals surface area (Å²) in [7, 11) is 1.69. The third kappa shape index (κ3) is 6.22. The highest BCUT2D eigenvalue weighted by molar-refractivity contribution is 14.0. The maximum Gasteiger partial charge on any atom is 0.191 e. The zero-order chi connectivity index (χ0) is 17.4. The standard InChI is InChI=1S/C18H27N5O.HI/c1-5-19-18(20-8-11-23-9-6-7-10-23)22-13-16-15(3)17(24-4)14(2)12-21-16;/h6-7,9-10,12H,5,8,11,13H2,1-4H3,(H2,19,20,22);1H. The van der Waals surface area contributed by atoms with E-state index >= 15 is 0 Å². The smallest absolute Gasteiger partial charge is 0.191 e. The van der Waals surface area contributed by atoms with Gasteiger partial charge in [-0.05, 0) is 32.9 Å². The van der Waals surface area contributed by atoms with E-state index in [4.69, 9.17) is 4.74 Å². The first-order valence-electron chi connectivity index (χ1n) is 8.27. The number of nitrogens with zero attached hydrogens (tertiary/aromatic N) is 3. The van der Waals surface area contributed by atoms with Gasteiger partial charge in [0.15, 0.2) is 5.96 Å². The first kappa shape index (κ1) is 21.3. The fraction of sp³-hybridized carbons (Fsp3) is 0.444. The van der Waals surface area contributed by atoms with Crippen molar-refractivity contribution in [1.82, 2.24) is 20.2 Å². The molecule has 2 aromatic rings. The molecule has 0 radical (unpaired) electrons. The summed E-state index contributed by atoms with van der Waals surface area (Å²) >= 11 is 0. The van der Waals surface area contributed by atoms with Crippen LogP contribution in [0.15, 0.2) is 35.7 Å². The number of ether oxygens (including phenoxy) is 1. The molecule has 2 aromatic heterocycles. The van der Waals surface area contributed by atoms with Gasteiger partial charge in [0.05, 0.1) is 19.3 Å². The number of aromatic nitrogens is 2. The Kier molecular flexibility index (Phi) is 9.33. The number of hydrogen-bond acceptors (Lipinski definition) is 3. The molecule has 0 bridgehead atoms. The SMILES string of the molecule is CCNC(=NCc1ncc(C)c(OC)c1C)NCCn1cccc1.I. The van der Waals surface area contributed by atoms with Crippen molar-refractivity contribution < 1.29 is 4.74 Å². The Balaban J connectivity index is 0.00000312. The molecule has 0 spiro atoms. The minimum absolute atomic E-state index is 0. The van der Waals surface area contributed by atoms with Gasteiger partial charge in [0.25, 0.3) is 0 Å². The van der Waals surface area contributed by atoms with Crippen molar-refractivity contribution in [2.24, 2.45) is 4.99 Å². The summed E-state index contributed by atoms with van der Waals surface area (Å²) in [5.74, 6) is 1.69. The van der Waals surface area contributed by atoms with E-state index in [1.54, 1.807) is 7.11 Å². The van der Waals surface area contributed by atoms with Crippen LogP contribution in [0.5, 0.6) is 5.75 Å². The van der Waals surface area contributed by atoms with Gasteiger partial charge in [-0.1, -0.05) is 0 Å². The second-order valence-electron chi connectivity index (χ2n) is 5.59. The highest BCUT2D eigenvalue weighted by Gasteiger charge is 2.09. The van der Waals surface area contributed by atoms with Crippen LogP contribution in [0.3, 0.4) is 0 Å². The number of aliphatic imine (C=N–C) groups is 1. The first-order valence-corrected chi connectivity index (χ1v) is 8.27. The Morgan fingerprint density at radius 3 is 2.60 bits per heavy atom. The monoisotopic (exact) mass is 457 g/mol. The molecule has 0 unspecified atom stereocenters. The van der Waals surface area contributed by atoms with E-state index in [2.05, 4.69) is 44.5 Å². The lowest BCUT2D eigenvalue weighted by molar-refractivity contribution is 0.407. The lowest BCUT2D eigenvalue weighted by Crippen LogP contribution is -2.38. The number of halogens is 1. The Labute approximate surface area is 167 Å². The zero-order valence-corrected chi connectivity index (χ0v) is 17.7. The molecule has 0 saturated heterocycles. The Hall–Kier alpha value is -1.77. The largest absolute Gasteiger partial charge is 0.496 e. The van der Waals surface area contributed by atoms with E-state index in [9.17, 15) is 0 Å². The molecule has 138 valence electrons. The molecule has 0 aliphatic rings. The van der Waals surface area contributed by atoms with Crippen LogP contribution in [0.1, 0.15) is 23.7 Å². The third-order valence-electron chi connectivity index (χ3n) is 3.81. The summed E-state index contributed by atoms with van der Waals surface area (Å²) in [6, 6.07) is 4.05. The molecule has 7 heteroatoms. The van der Waals surface area contributed by atoms with Gasteiger partial charge in [0, 0.05) is 49.4 Å². The normalized spacial score (nSPS) is 11.0. The third-order valence-corrected chi connectivity index (χ3v) is 3.81. The van der Waals surface area contributed by atoms with Crippen LogP contribution in [0.25, 0.3) is 0 Å². The van der Waals surface area contributed by atoms with Crippen LogP contribution in [-0.4, -0.2) is 35.7 Å². The number of nitrogens with one attached hydrogen (secondary N) is 2. The zero-order valence-electron chi connectivity index (χ0n) is 15.4. The predicted octanol–water partition coefficient (Wildman–Crippen LogP) is 2.88. The van der Waals surface area contributed by atoms with Gasteiger partial charge in [-0.25, -0.2) is 4.99 Å². The van der Waals surface area contributed by atoms with Crippen LogP contribution >= 0.6 is 24.0 Å². The number of guanidine groups is 1. The minimum atomic E-state index is 0. The van der Waals surface area contributed by atoms with Crippen molar-refractivity contribution >= 4 is 29.9 Å². The molecule has 0 amide bonds. The molecular weight excluding hydrogens is 429 g/mol. The maximum atomic E-state index is 5.45. The predicted molar refractivity (Wildman–Crippen MR) is 113 cm³/mol. The molecule has 6 nitrogen and oxygen atoms in total. The van der Waals surface area contributed by atoms with E-state index < -0.39 is 0 Å². The number of aryl methyl sites for hydroxylation is 1. The van der Waals surface area contributed by atoms with Gasteiger partial charge < -0.3 is 19.9 Å². The van der Waals surface area contributed by atoms with Gasteiger partial charge in [0.2, 0.25) is 0 Å². The second-order valence-corrected chi connectivity index (χ2v) is 5.59. The minimum Gasteiger partial charge on any atom is -0.496 e. The molecule has 0 aliphatic heterocycles. The van der Waals surface area contributed by atoms with Gasteiger partial charge in [-0.2, -0.15) is 0 Å². The number of hydrogen-bond donors (Lipinski definition) is 2. The van der Waals surface area contributed by atoms with Gasteiger partial charge in [-0.15, -0.1) is 24.0 Å². The molecule has 0 saturated carbocycles. The van der Waals surface area contributed by atoms with Crippen LogP contribution in [-0.2, 0) is 13.1 Å². The van der Waals surface area contributed by atoms with Crippen LogP contribution in [0, 0.1) is 13.8 Å². The number of pyridine rings is 1. The van der Waals surface area contributed by atoms with Gasteiger partial charge in [-0.3, -0.25) is 4.98 Å². The Morgan fingerprint density at radius 2 is 1.96 bits per heavy atom. The quantitative estimate of drug-likeness (QED) is 0.382. The number of methoxy groups -OCH3 is 1. The highest BCUT2D eigenvalue weighted by Crippen LogP contribution is 2.24. The molecule has 0 fully saturated rings. The van der Waals surface area contributed by atoms with Crippen molar-refractivity contribution in [2.75, 3.05) is 20.2 Å². The van der Waals surface area contributed by atoms with E-state index in [1.165, 1.54) is 0 Å². The van der Waals surface area contributed by atoms with Gasteiger partial charge in [0.1, 0.15) is 5.75 Å². The van der Waals surface area contributed by atoms with Crippen molar-refractivity contribution in [2.45, 2.75) is 33.9 Å². The summed E-state index contributed by atoms with van der Waals surface area (Å²) < 4.78 is 7.59. The summed E-state index contributed by atoms with van der Waals surface area (Å²) in [5, 5.41) is 6.61. The molecule has 25 heavy (non-hydrogen) atoms. The fourth-order valence-electron chi connectivity index (χ4n) is 2.55. The highest BCUT2D eigenvalue weighted by atomic mass is 127. The Morgan fingerprint density at radius 1 is 1.24 bits per heavy atom. The number of rotatable bonds is 7. The lowest BCUT2D eigenvalue weighted by atomic mass is 10.1. The van der Waals surface area contributed by atoms with Crippen LogP contribution in [0.4, 0.5) is 0 Å². The molecule has 0 aliphatic carbocycles. The summed E-state index contributed by atoms with van der Waals surface area (Å²) in [6.07, 6.45) is 5.94. The summed E-state index contributed by atoms with van der Waals surface area (Å²) in [4.78, 5) is 9.13. The second kappa shape index (κ2) is 11.0. The van der Waals surface area contributed by atoms with E-state index in [0.29, 0.717) is 6.54 Å². The topological polar surface area (TPSA) is 63.5 Å². The molecule has 2 rings (SSSR count). The van der Waals surface area contributed by atoms with E-state index in [1.807, 2.05) is 32.2 Å². The van der Waals surface area contributed by atoms with Crippen molar-refractivity contribution in [3.05, 3.63) is 47.5 Å². The van der Waals surface area contributed by atoms with Crippen molar-refractivity contribution in [3.63, 3.8) is 0 Å². The first-order chi connectivity index (χ1) is 11.7. The van der Waals surface area contributed by atoms with Crippen LogP contribution < -0.4 is 15.4 Å². The average molecular weight is 457 g/mol. The van der Waals surface area contributed by atoms with Crippen molar-refractivity contribution in [1.29, 1.82) is 0 Å². The molecule has 0 atom stereocenters. The molecule has 0 aromatic carbocycles. The lowest BCUT2D eigenvalue weighted by Gasteiger charge is -2.13. The maximum absolute atomic E-state index is 5.45. The van der Waals surface area contributed by atoms with E-state index in [-0.39, 0.29) is 24.0 Å². The van der Waals surface area contributed by atoms with Crippen LogP contribution in [0.2, 0.25) is 0 Å². The molecule has 2 N–H and O–H groups in total. The van der Waals surface area contributed by atoms with Gasteiger partial charge >= 0.3 is 0 Å². The van der Waals surface area contributed by atoms with E-state index in [0.717, 1.165) is 48.2 Å². The Bertz CT molecular complexity index is 670. The summed E-state index contributed by atoms with van der Waals surface area (Å²) in [5.41, 5.74) is 3.02. The average Bonchev–Trinajstić information content (AvgIpc) is 3.08. The molecule has 2 heterocycles. The molecular formula is C18H28IN5O. The van der Waals surface area contributed by atoms with Crippen molar-refractivity contribution in [3.8, 4) is 5.75 Å². The summed E-state index contributed by atoms with van der Waals surface area (Å²) in [6.45, 7) is 9.12. The fourth-order valence-corrected chi connectivity index (χ4v) is 2.55.